The molecule has 1 amide bonds. The van der Waals surface area contributed by atoms with Gasteiger partial charge in [-0.1, -0.05) is 84.9 Å². The van der Waals surface area contributed by atoms with Crippen LogP contribution in [-0.4, -0.2) is 122 Å². The Hall–Kier alpha value is -6.35. The van der Waals surface area contributed by atoms with Gasteiger partial charge in [0.25, 0.3) is 0 Å². The number of piperidine rings is 1. The van der Waals surface area contributed by atoms with E-state index < -0.39 is 60.3 Å². The maximum atomic E-state index is 14.7. The molecule has 3 saturated heterocycles. The molecule has 0 saturated carbocycles. The van der Waals surface area contributed by atoms with Gasteiger partial charge in [-0.25, -0.2) is 9.59 Å². The number of rotatable bonds is 14. The van der Waals surface area contributed by atoms with E-state index in [0.29, 0.717) is 23.7 Å². The first kappa shape index (κ1) is 46.4. The number of alkyl carbamates (subject to hydrolysis) is 1. The number of thioether (sulfide) groups is 1. The van der Waals surface area contributed by atoms with Crippen LogP contribution in [0.5, 0.6) is 11.5 Å². The number of nitrogens with zero attached hydrogens (tertiary/aromatic N) is 3. The Morgan fingerprint density at radius 2 is 1.65 bits per heavy atom. The summed E-state index contributed by atoms with van der Waals surface area (Å²) in [5.41, 5.74) is 6.28. The Kier molecular flexibility index (Phi) is 12.7. The van der Waals surface area contributed by atoms with Gasteiger partial charge in [-0.3, -0.25) is 14.6 Å². The van der Waals surface area contributed by atoms with Crippen LogP contribution in [0.4, 0.5) is 4.79 Å². The fourth-order valence-corrected chi connectivity index (χ4v) is 12.8. The molecular weight excluding hydrogens is 901 g/mol. The Balaban J connectivity index is 0.996. The molecule has 6 aliphatic rings. The number of piperazine rings is 1. The predicted molar refractivity (Wildman–Crippen MR) is 254 cm³/mol. The zero-order chi connectivity index (χ0) is 48.1. The Bertz CT molecular complexity index is 2770. The minimum atomic E-state index is -2.15. The topological polar surface area (TPSA) is 178 Å². The van der Waals surface area contributed by atoms with Gasteiger partial charge in [-0.05, 0) is 66.3 Å². The third kappa shape index (κ3) is 7.90. The van der Waals surface area contributed by atoms with E-state index in [1.54, 1.807) is 14.0 Å². The maximum absolute atomic E-state index is 14.7. The van der Waals surface area contributed by atoms with Gasteiger partial charge in [0.15, 0.2) is 41.2 Å². The summed E-state index contributed by atoms with van der Waals surface area (Å²) < 4.78 is 41.5. The number of hydrogen-bond acceptors (Lipinski definition) is 15. The highest BCUT2D eigenvalue weighted by molar-refractivity contribution is 7.99. The van der Waals surface area contributed by atoms with E-state index in [2.05, 4.69) is 40.6 Å². The number of aryl methyl sites for hydroxylation is 1. The van der Waals surface area contributed by atoms with Crippen LogP contribution in [0.3, 0.4) is 0 Å². The first-order valence-corrected chi connectivity index (χ1v) is 24.2. The number of Topliss-reactive ketones (excluding diaryl/α,β-unsaturated/α-hetero) is 1. The minimum absolute atomic E-state index is 0.0182. The van der Waals surface area contributed by atoms with Gasteiger partial charge in [0.05, 0.1) is 25.3 Å². The van der Waals surface area contributed by atoms with Crippen molar-refractivity contribution >= 4 is 29.6 Å². The van der Waals surface area contributed by atoms with Crippen LogP contribution in [0, 0.1) is 18.3 Å². The van der Waals surface area contributed by atoms with Crippen molar-refractivity contribution in [2.24, 2.45) is 0 Å². The Labute approximate surface area is 404 Å². The van der Waals surface area contributed by atoms with Gasteiger partial charge in [0, 0.05) is 59.7 Å². The number of fused-ring (bicyclic) bond motifs is 11. The molecule has 69 heavy (non-hydrogen) atoms. The lowest BCUT2D eigenvalue weighted by molar-refractivity contribution is -0.159. The molecule has 15 nitrogen and oxygen atoms in total. The van der Waals surface area contributed by atoms with Gasteiger partial charge < -0.3 is 43.6 Å². The van der Waals surface area contributed by atoms with Crippen LogP contribution in [0.1, 0.15) is 58.7 Å². The van der Waals surface area contributed by atoms with E-state index in [9.17, 15) is 24.8 Å². The Morgan fingerprint density at radius 3 is 2.35 bits per heavy atom. The molecule has 4 aromatic carbocycles. The number of ketones is 1. The quantitative estimate of drug-likeness (QED) is 0.104. The van der Waals surface area contributed by atoms with E-state index in [0.717, 1.165) is 22.3 Å². The molecule has 2 bridgehead atoms. The number of likely N-dealkylation sites (N-methyl/N-ethyl adjacent to an activating group) is 1. The molecule has 0 aromatic heterocycles. The summed E-state index contributed by atoms with van der Waals surface area (Å²) in [5.74, 6) is 0.823. The monoisotopic (exact) mass is 954 g/mol. The lowest BCUT2D eigenvalue weighted by atomic mass is 9.65. The van der Waals surface area contributed by atoms with Crippen LogP contribution in [0.25, 0.3) is 11.1 Å². The fourth-order valence-electron chi connectivity index (χ4n) is 11.6. The first-order valence-electron chi connectivity index (χ1n) is 23.1. The zero-order valence-corrected chi connectivity index (χ0v) is 39.9. The number of carbonyl (C=O) groups excluding carboxylic acids is 3. The van der Waals surface area contributed by atoms with Crippen molar-refractivity contribution in [3.63, 3.8) is 0 Å². The minimum Gasteiger partial charge on any atom is -0.493 e. The molecule has 3 fully saturated rings. The number of hydrogen-bond donors (Lipinski definition) is 2. The molecule has 2 aliphatic carbocycles. The molecule has 358 valence electrons. The number of carbonyl (C=O) groups is 3. The van der Waals surface area contributed by atoms with Crippen molar-refractivity contribution in [3.05, 3.63) is 141 Å². The van der Waals surface area contributed by atoms with Crippen molar-refractivity contribution in [3.8, 4) is 28.7 Å². The van der Waals surface area contributed by atoms with Crippen molar-refractivity contribution in [1.29, 1.82) is 5.26 Å². The van der Waals surface area contributed by atoms with Gasteiger partial charge in [0.1, 0.15) is 25.3 Å². The first-order chi connectivity index (χ1) is 33.5. The second-order valence-corrected chi connectivity index (χ2v) is 19.4. The average molecular weight is 955 g/mol. The molecule has 4 aromatic rings. The van der Waals surface area contributed by atoms with Crippen molar-refractivity contribution in [1.82, 2.24) is 15.1 Å². The summed E-state index contributed by atoms with van der Waals surface area (Å²) >= 11 is 1.50. The molecule has 2 unspecified atom stereocenters. The van der Waals surface area contributed by atoms with E-state index >= 15 is 0 Å². The number of methoxy groups -OCH3 is 2. The zero-order valence-electron chi connectivity index (χ0n) is 39.1. The molecule has 16 heteroatoms. The number of aliphatic hydroxyl groups is 1. The largest absolute Gasteiger partial charge is 0.493 e. The summed E-state index contributed by atoms with van der Waals surface area (Å²) in [4.78, 5) is 47.0. The molecule has 4 heterocycles. The third-order valence-corrected chi connectivity index (χ3v) is 15.7. The standard InChI is InChI=1S/C53H54N4O11S/c1-29-19-32-20-39-41(22-54)57-40(45(56(39)3)43(32)48(46(29)63-5)66-27-62-4)21-53(61)44(49-47(67-28-68-49)30(2)50(53)58)42(57)24-64-51(59)38(55-52(60)65-23-31-13-7-6-8-14-31)26-69-25-37-35-17-11-9-15-33(35)34-16-10-12-18-36(34)37/h6-19,37-42,45,61H,20-21,23-28H2,1-5H3,(H,55,60)/t38-,39+,40?,41+,42+,45+,53?/m1/s1. The molecule has 0 radical (unpaired) electrons. The number of esters is 1. The summed E-state index contributed by atoms with van der Waals surface area (Å²) in [6.45, 7) is 2.82. The van der Waals surface area contributed by atoms with E-state index in [-0.39, 0.29) is 67.0 Å². The van der Waals surface area contributed by atoms with Crippen molar-refractivity contribution in [2.75, 3.05) is 53.0 Å². The van der Waals surface area contributed by atoms with Gasteiger partial charge in [0.2, 0.25) is 6.79 Å². The second-order valence-electron chi connectivity index (χ2n) is 18.3. The summed E-state index contributed by atoms with van der Waals surface area (Å²) in [5, 5.41) is 27.0. The predicted octanol–water partition coefficient (Wildman–Crippen LogP) is 6.46. The second kappa shape index (κ2) is 18.9. The van der Waals surface area contributed by atoms with Crippen LogP contribution in [-0.2, 0) is 46.3 Å². The molecule has 7 atom stereocenters. The van der Waals surface area contributed by atoms with Gasteiger partial charge in [-0.15, -0.1) is 0 Å². The lowest BCUT2D eigenvalue weighted by Crippen LogP contribution is -2.74. The molecule has 2 N–H and O–H groups in total. The number of benzene rings is 4. The summed E-state index contributed by atoms with van der Waals surface area (Å²) in [6, 6.07) is 25.7. The number of nitrogens with one attached hydrogen (secondary N) is 1. The van der Waals surface area contributed by atoms with Crippen molar-refractivity contribution < 1.29 is 52.6 Å². The van der Waals surface area contributed by atoms with E-state index in [1.807, 2.05) is 79.5 Å². The van der Waals surface area contributed by atoms with Crippen molar-refractivity contribution in [2.45, 2.75) is 81.1 Å². The maximum Gasteiger partial charge on any atom is 0.408 e. The average Bonchev–Trinajstić information content (AvgIpc) is 3.97. The smallest absolute Gasteiger partial charge is 0.408 e. The summed E-state index contributed by atoms with van der Waals surface area (Å²) in [7, 11) is 5.04. The normalized spacial score (nSPS) is 24.8. The number of ether oxygens (including phenoxy) is 7. The molecular formula is C53H54N4O11S. The van der Waals surface area contributed by atoms with E-state index in [1.165, 1.54) is 41.1 Å². The highest BCUT2D eigenvalue weighted by Gasteiger charge is 2.64. The lowest BCUT2D eigenvalue weighted by Gasteiger charge is -2.62. The summed E-state index contributed by atoms with van der Waals surface area (Å²) in [6.07, 6.45) is -0.487. The van der Waals surface area contributed by atoms with E-state index in [4.69, 9.17) is 33.2 Å². The highest BCUT2D eigenvalue weighted by Crippen LogP contribution is 2.57. The third-order valence-electron chi connectivity index (χ3n) is 14.6. The number of nitriles is 1. The molecule has 4 aliphatic heterocycles. The van der Waals surface area contributed by atoms with Crippen LogP contribution >= 0.6 is 11.8 Å². The molecule has 10 rings (SSSR count). The highest BCUT2D eigenvalue weighted by atomic mass is 32.2. The molecule has 0 spiro atoms. The van der Waals surface area contributed by atoms with Crippen LogP contribution in [0.15, 0.2) is 108 Å². The van der Waals surface area contributed by atoms with Crippen LogP contribution in [0.2, 0.25) is 0 Å². The van der Waals surface area contributed by atoms with Gasteiger partial charge in [-0.2, -0.15) is 17.0 Å². The van der Waals surface area contributed by atoms with Crippen LogP contribution < -0.4 is 14.8 Å². The SMILES string of the molecule is COCOc1c(OC)c(C)cc2c1[C@@H]1C3CC4(O)C(=O)C(C)=C5OCOC5=C4[C@H](COC(=O)[C@@H](CSCC4c5ccccc5-c5ccccc54)NC(=O)OCc4ccccc4)N3[C@@H](C#N)[C@H](C2)N1C. The Morgan fingerprint density at radius 1 is 0.957 bits per heavy atom. The number of amides is 1. The fraction of sp³-hybridized carbons (Fsp3) is 0.396. The van der Waals surface area contributed by atoms with Gasteiger partial charge >= 0.3 is 12.1 Å².